The molecular weight excluding hydrogens is 288 g/mol. The van der Waals surface area contributed by atoms with E-state index in [-0.39, 0.29) is 11.0 Å². The van der Waals surface area contributed by atoms with Crippen LogP contribution in [0.25, 0.3) is 0 Å². The van der Waals surface area contributed by atoms with Gasteiger partial charge in [0, 0.05) is 29.7 Å². The molecule has 7 heteroatoms. The van der Waals surface area contributed by atoms with Gasteiger partial charge in [-0.1, -0.05) is 6.07 Å². The van der Waals surface area contributed by atoms with E-state index < -0.39 is 0 Å². The third-order valence-corrected chi connectivity index (χ3v) is 2.76. The SMILES string of the molecule is COc1cccc(NC(=S)NNC(=O)c2ccncc2)c1. The van der Waals surface area contributed by atoms with Crippen LogP contribution >= 0.6 is 12.2 Å². The number of aromatic nitrogens is 1. The predicted molar refractivity (Wildman–Crippen MR) is 84.1 cm³/mol. The molecule has 0 spiro atoms. The van der Waals surface area contributed by atoms with Crippen molar-refractivity contribution in [3.05, 3.63) is 54.4 Å². The molecule has 108 valence electrons. The van der Waals surface area contributed by atoms with Gasteiger partial charge in [-0.15, -0.1) is 0 Å². The van der Waals surface area contributed by atoms with Crippen molar-refractivity contribution in [3.8, 4) is 5.75 Å². The number of pyridine rings is 1. The van der Waals surface area contributed by atoms with Gasteiger partial charge in [0.15, 0.2) is 5.11 Å². The second-order valence-corrected chi connectivity index (χ2v) is 4.41. The summed E-state index contributed by atoms with van der Waals surface area (Å²) < 4.78 is 5.11. The Balaban J connectivity index is 1.86. The normalized spacial score (nSPS) is 9.57. The fourth-order valence-electron chi connectivity index (χ4n) is 1.55. The molecule has 0 saturated heterocycles. The fraction of sp³-hybridized carbons (Fsp3) is 0.0714. The number of hydrogen-bond donors (Lipinski definition) is 3. The third-order valence-electron chi connectivity index (χ3n) is 2.56. The van der Waals surface area contributed by atoms with Crippen molar-refractivity contribution < 1.29 is 9.53 Å². The largest absolute Gasteiger partial charge is 0.497 e. The van der Waals surface area contributed by atoms with Crippen LogP contribution in [-0.4, -0.2) is 23.1 Å². The minimum atomic E-state index is -0.299. The number of methoxy groups -OCH3 is 1. The molecule has 21 heavy (non-hydrogen) atoms. The van der Waals surface area contributed by atoms with Crippen LogP contribution in [0.3, 0.4) is 0 Å². The number of hydrazine groups is 1. The highest BCUT2D eigenvalue weighted by atomic mass is 32.1. The Morgan fingerprint density at radius 3 is 2.67 bits per heavy atom. The number of benzene rings is 1. The first kappa shape index (κ1) is 14.7. The minimum absolute atomic E-state index is 0.269. The molecule has 0 saturated carbocycles. The number of hydrogen-bond acceptors (Lipinski definition) is 4. The molecule has 2 aromatic rings. The minimum Gasteiger partial charge on any atom is -0.497 e. The van der Waals surface area contributed by atoms with Crippen LogP contribution in [-0.2, 0) is 0 Å². The maximum atomic E-state index is 11.8. The zero-order chi connectivity index (χ0) is 15.1. The molecule has 6 nitrogen and oxygen atoms in total. The van der Waals surface area contributed by atoms with E-state index in [1.54, 1.807) is 37.7 Å². The van der Waals surface area contributed by atoms with Gasteiger partial charge in [-0.2, -0.15) is 0 Å². The summed E-state index contributed by atoms with van der Waals surface area (Å²) in [6.45, 7) is 0. The van der Waals surface area contributed by atoms with E-state index in [0.29, 0.717) is 11.3 Å². The molecule has 0 bridgehead atoms. The summed E-state index contributed by atoms with van der Waals surface area (Å²) in [4.78, 5) is 15.6. The lowest BCUT2D eigenvalue weighted by atomic mass is 10.3. The molecule has 1 aromatic heterocycles. The predicted octanol–water partition coefficient (Wildman–Crippen LogP) is 1.72. The highest BCUT2D eigenvalue weighted by Gasteiger charge is 2.05. The number of rotatable bonds is 3. The molecule has 0 unspecified atom stereocenters. The maximum absolute atomic E-state index is 11.8. The van der Waals surface area contributed by atoms with Gasteiger partial charge in [-0.25, -0.2) is 0 Å². The quantitative estimate of drug-likeness (QED) is 0.592. The van der Waals surface area contributed by atoms with Gasteiger partial charge in [0.1, 0.15) is 5.75 Å². The standard InChI is InChI=1S/C14H14N4O2S/c1-20-12-4-2-3-11(9-12)16-14(21)18-17-13(19)10-5-7-15-8-6-10/h2-9H,1H3,(H,17,19)(H2,16,18,21). The van der Waals surface area contributed by atoms with Crippen molar-refractivity contribution in [2.75, 3.05) is 12.4 Å². The lowest BCUT2D eigenvalue weighted by molar-refractivity contribution is 0.0944. The lowest BCUT2D eigenvalue weighted by Crippen LogP contribution is -2.43. The molecule has 2 rings (SSSR count). The van der Waals surface area contributed by atoms with Crippen LogP contribution in [0.5, 0.6) is 5.75 Å². The van der Waals surface area contributed by atoms with Crippen LogP contribution in [0, 0.1) is 0 Å². The van der Waals surface area contributed by atoms with Crippen molar-refractivity contribution in [1.82, 2.24) is 15.8 Å². The molecule has 3 N–H and O–H groups in total. The van der Waals surface area contributed by atoms with Crippen LogP contribution in [0.15, 0.2) is 48.8 Å². The first-order chi connectivity index (χ1) is 10.2. The fourth-order valence-corrected chi connectivity index (χ4v) is 1.72. The third kappa shape index (κ3) is 4.43. The Hall–Kier alpha value is -2.67. The highest BCUT2D eigenvalue weighted by Crippen LogP contribution is 2.16. The van der Waals surface area contributed by atoms with Crippen LogP contribution in [0.2, 0.25) is 0 Å². The number of nitrogens with zero attached hydrogens (tertiary/aromatic N) is 1. The second kappa shape index (κ2) is 7.20. The van der Waals surface area contributed by atoms with E-state index >= 15 is 0 Å². The second-order valence-electron chi connectivity index (χ2n) is 4.00. The average molecular weight is 302 g/mol. The topological polar surface area (TPSA) is 75.3 Å². The Labute approximate surface area is 127 Å². The zero-order valence-electron chi connectivity index (χ0n) is 11.3. The number of carbonyl (C=O) groups excluding carboxylic acids is 1. The molecule has 0 fully saturated rings. The number of ether oxygens (including phenoxy) is 1. The van der Waals surface area contributed by atoms with Crippen LogP contribution in [0.4, 0.5) is 5.69 Å². The summed E-state index contributed by atoms with van der Waals surface area (Å²) >= 11 is 5.09. The summed E-state index contributed by atoms with van der Waals surface area (Å²) in [5.74, 6) is 0.413. The molecule has 1 heterocycles. The molecule has 1 aromatic carbocycles. The average Bonchev–Trinajstić information content (AvgIpc) is 2.53. The van der Waals surface area contributed by atoms with Crippen LogP contribution < -0.4 is 20.9 Å². The Kier molecular flexibility index (Phi) is 5.05. The maximum Gasteiger partial charge on any atom is 0.269 e. The van der Waals surface area contributed by atoms with E-state index in [1.807, 2.05) is 18.2 Å². The van der Waals surface area contributed by atoms with Crippen molar-refractivity contribution in [2.24, 2.45) is 0 Å². The number of amides is 1. The summed E-state index contributed by atoms with van der Waals surface area (Å²) in [6, 6.07) is 10.5. The Morgan fingerprint density at radius 1 is 1.19 bits per heavy atom. The first-order valence-electron chi connectivity index (χ1n) is 6.10. The monoisotopic (exact) mass is 302 g/mol. The Morgan fingerprint density at radius 2 is 1.95 bits per heavy atom. The smallest absolute Gasteiger partial charge is 0.269 e. The van der Waals surface area contributed by atoms with E-state index in [4.69, 9.17) is 17.0 Å². The van der Waals surface area contributed by atoms with Gasteiger partial charge >= 0.3 is 0 Å². The van der Waals surface area contributed by atoms with Gasteiger partial charge in [-0.3, -0.25) is 20.6 Å². The van der Waals surface area contributed by atoms with Gasteiger partial charge in [0.25, 0.3) is 5.91 Å². The van der Waals surface area contributed by atoms with Crippen molar-refractivity contribution in [2.45, 2.75) is 0 Å². The number of anilines is 1. The molecule has 0 aliphatic carbocycles. The van der Waals surface area contributed by atoms with E-state index in [9.17, 15) is 4.79 Å². The van der Waals surface area contributed by atoms with E-state index in [0.717, 1.165) is 5.69 Å². The van der Waals surface area contributed by atoms with Gasteiger partial charge < -0.3 is 10.1 Å². The summed E-state index contributed by atoms with van der Waals surface area (Å²) in [7, 11) is 1.59. The lowest BCUT2D eigenvalue weighted by Gasteiger charge is -2.12. The highest BCUT2D eigenvalue weighted by molar-refractivity contribution is 7.80. The number of carbonyl (C=O) groups is 1. The molecular formula is C14H14N4O2S. The van der Waals surface area contributed by atoms with Gasteiger partial charge in [-0.05, 0) is 36.5 Å². The van der Waals surface area contributed by atoms with Crippen molar-refractivity contribution in [1.29, 1.82) is 0 Å². The van der Waals surface area contributed by atoms with Gasteiger partial charge in [0.05, 0.1) is 7.11 Å². The molecule has 0 radical (unpaired) electrons. The first-order valence-corrected chi connectivity index (χ1v) is 6.51. The summed E-state index contributed by atoms with van der Waals surface area (Å²) in [6.07, 6.45) is 3.09. The van der Waals surface area contributed by atoms with Gasteiger partial charge in [0.2, 0.25) is 0 Å². The van der Waals surface area contributed by atoms with E-state index in [2.05, 4.69) is 21.2 Å². The van der Waals surface area contributed by atoms with Crippen LogP contribution in [0.1, 0.15) is 10.4 Å². The summed E-state index contributed by atoms with van der Waals surface area (Å²) in [5.41, 5.74) is 6.36. The van der Waals surface area contributed by atoms with Crippen molar-refractivity contribution >= 4 is 28.9 Å². The number of thiocarbonyl (C=S) groups is 1. The Bertz CT molecular complexity index is 634. The molecule has 0 aliphatic heterocycles. The molecule has 0 atom stereocenters. The number of nitrogens with one attached hydrogen (secondary N) is 3. The van der Waals surface area contributed by atoms with E-state index in [1.165, 1.54) is 0 Å². The molecule has 1 amide bonds. The summed E-state index contributed by atoms with van der Waals surface area (Å²) in [5, 5.41) is 3.21. The zero-order valence-corrected chi connectivity index (χ0v) is 12.1. The van der Waals surface area contributed by atoms with Crippen molar-refractivity contribution in [3.63, 3.8) is 0 Å². The molecule has 0 aliphatic rings.